The molecule has 3 amide bonds. The molecule has 2 aromatic rings. The molecule has 1 saturated heterocycles. The molecule has 5 rings (SSSR count). The predicted molar refractivity (Wildman–Crippen MR) is 153 cm³/mol. The molecular weight excluding hydrogens is 516 g/mol. The van der Waals surface area contributed by atoms with Gasteiger partial charge in [0.05, 0.1) is 17.9 Å². The minimum absolute atomic E-state index is 0.00424. The number of nitrogens with zero attached hydrogens (tertiary/aromatic N) is 5. The first kappa shape index (κ1) is 26.9. The lowest BCUT2D eigenvalue weighted by molar-refractivity contribution is -0.135. The lowest BCUT2D eigenvalue weighted by Crippen LogP contribution is -2.50. The van der Waals surface area contributed by atoms with Crippen molar-refractivity contribution in [3.05, 3.63) is 60.2 Å². The van der Waals surface area contributed by atoms with E-state index in [0.29, 0.717) is 42.9 Å². The number of anilines is 1. The molecule has 3 aliphatic heterocycles. The molecular formula is C28H32N6O4S. The Morgan fingerprint density at radius 3 is 2.56 bits per heavy atom. The van der Waals surface area contributed by atoms with Gasteiger partial charge in [-0.3, -0.25) is 19.4 Å². The van der Waals surface area contributed by atoms with E-state index in [2.05, 4.69) is 27.3 Å². The first-order chi connectivity index (χ1) is 19.0. The molecule has 1 N–H and O–H groups in total. The fourth-order valence-electron chi connectivity index (χ4n) is 4.80. The maximum absolute atomic E-state index is 13.5. The number of fused-ring (bicyclic) bond motifs is 3. The summed E-state index contributed by atoms with van der Waals surface area (Å²) in [7, 11) is 1.62. The number of hydrogen-bond donors (Lipinski definition) is 1. The zero-order valence-electron chi connectivity index (χ0n) is 21.9. The van der Waals surface area contributed by atoms with Gasteiger partial charge < -0.3 is 19.9 Å². The van der Waals surface area contributed by atoms with Gasteiger partial charge in [-0.25, -0.2) is 9.89 Å². The summed E-state index contributed by atoms with van der Waals surface area (Å²) < 4.78 is 5.01. The average molecular weight is 549 g/mol. The number of nitrogens with one attached hydrogen (secondary N) is 1. The third kappa shape index (κ3) is 6.15. The number of methoxy groups -OCH3 is 1. The maximum atomic E-state index is 13.5. The summed E-state index contributed by atoms with van der Waals surface area (Å²) >= 11 is 1.19. The third-order valence-corrected chi connectivity index (χ3v) is 7.79. The minimum atomic E-state index is -0.820. The summed E-state index contributed by atoms with van der Waals surface area (Å²) in [4.78, 5) is 54.0. The Bertz CT molecular complexity index is 1280. The molecule has 1 atom stereocenters. The Balaban J connectivity index is 1.23. The van der Waals surface area contributed by atoms with Gasteiger partial charge in [-0.1, -0.05) is 42.1 Å². The van der Waals surface area contributed by atoms with E-state index in [0.717, 1.165) is 30.8 Å². The summed E-state index contributed by atoms with van der Waals surface area (Å²) in [6.45, 7) is 3.76. The second kappa shape index (κ2) is 12.4. The maximum Gasteiger partial charge on any atom is 0.259 e. The van der Waals surface area contributed by atoms with Crippen LogP contribution in [0.4, 0.5) is 11.4 Å². The number of thioether (sulfide) groups is 1. The fourth-order valence-corrected chi connectivity index (χ4v) is 5.64. The summed E-state index contributed by atoms with van der Waals surface area (Å²) in [5.41, 5.74) is 2.57. The molecule has 0 aliphatic carbocycles. The standard InChI is InChI=1S/C28H32N6O4S/c1-38-17-7-12-29-24(35)19-39-28-31-22-11-6-5-10-21(22)26-30-23(27(37)34(26)28)18-25(36)33-15-13-32(14-16-33)20-8-3-2-4-9-20/h2-6,8-11,23H,7,12-19H2,1H3,(H,29,35). The summed E-state index contributed by atoms with van der Waals surface area (Å²) in [6, 6.07) is 16.8. The van der Waals surface area contributed by atoms with E-state index in [1.54, 1.807) is 7.11 Å². The SMILES string of the molecule is COCCCNC(=O)CSC1=Nc2ccccc2C2=NC(CC(=O)N3CCN(c4ccccc4)CC3)C(=O)N12. The van der Waals surface area contributed by atoms with E-state index in [4.69, 9.17) is 9.73 Å². The highest BCUT2D eigenvalue weighted by Crippen LogP contribution is 2.34. The van der Waals surface area contributed by atoms with Crippen LogP contribution in [-0.4, -0.2) is 96.8 Å². The molecule has 3 aliphatic rings. The van der Waals surface area contributed by atoms with Gasteiger partial charge in [-0.15, -0.1) is 0 Å². The van der Waals surface area contributed by atoms with Gasteiger partial charge in [-0.05, 0) is 30.7 Å². The topological polar surface area (TPSA) is 107 Å². The molecule has 0 spiro atoms. The molecule has 3 heterocycles. The molecule has 10 nitrogen and oxygen atoms in total. The number of amidine groups is 2. The molecule has 1 fully saturated rings. The van der Waals surface area contributed by atoms with Crippen LogP contribution in [0.15, 0.2) is 64.6 Å². The molecule has 0 saturated carbocycles. The van der Waals surface area contributed by atoms with Crippen LogP contribution >= 0.6 is 11.8 Å². The molecule has 11 heteroatoms. The number of rotatable bonds is 9. The van der Waals surface area contributed by atoms with Crippen molar-refractivity contribution in [2.45, 2.75) is 18.9 Å². The van der Waals surface area contributed by atoms with Crippen LogP contribution in [0.2, 0.25) is 0 Å². The van der Waals surface area contributed by atoms with E-state index in [1.165, 1.54) is 16.7 Å². The molecule has 0 aromatic heterocycles. The number of piperazine rings is 1. The van der Waals surface area contributed by atoms with Crippen molar-refractivity contribution < 1.29 is 19.1 Å². The van der Waals surface area contributed by atoms with Gasteiger partial charge in [-0.2, -0.15) is 0 Å². The van der Waals surface area contributed by atoms with E-state index >= 15 is 0 Å². The van der Waals surface area contributed by atoms with Gasteiger partial charge in [0.1, 0.15) is 11.9 Å². The Labute approximate surface area is 232 Å². The number of amides is 3. The Hall–Kier alpha value is -3.70. The number of benzene rings is 2. The second-order valence-corrected chi connectivity index (χ2v) is 10.4. The highest BCUT2D eigenvalue weighted by molar-refractivity contribution is 8.14. The monoisotopic (exact) mass is 548 g/mol. The first-order valence-electron chi connectivity index (χ1n) is 13.1. The number of aliphatic imine (C=N–C) groups is 2. The number of carbonyl (C=O) groups excluding carboxylic acids is 3. The molecule has 2 aromatic carbocycles. The first-order valence-corrected chi connectivity index (χ1v) is 14.1. The Morgan fingerprint density at radius 2 is 1.79 bits per heavy atom. The predicted octanol–water partition coefficient (Wildman–Crippen LogP) is 2.27. The molecule has 0 radical (unpaired) electrons. The van der Waals surface area contributed by atoms with Crippen LogP contribution in [0, 0.1) is 0 Å². The molecule has 204 valence electrons. The van der Waals surface area contributed by atoms with Crippen LogP contribution in [0.25, 0.3) is 0 Å². The van der Waals surface area contributed by atoms with Crippen molar-refractivity contribution in [3.8, 4) is 0 Å². The largest absolute Gasteiger partial charge is 0.385 e. The highest BCUT2D eigenvalue weighted by Gasteiger charge is 2.42. The average Bonchev–Trinajstić information content (AvgIpc) is 3.30. The third-order valence-electron chi connectivity index (χ3n) is 6.85. The summed E-state index contributed by atoms with van der Waals surface area (Å²) in [6.07, 6.45) is 0.726. The van der Waals surface area contributed by atoms with Crippen molar-refractivity contribution in [1.29, 1.82) is 0 Å². The van der Waals surface area contributed by atoms with Crippen LogP contribution < -0.4 is 10.2 Å². The van der Waals surface area contributed by atoms with Crippen molar-refractivity contribution in [1.82, 2.24) is 15.1 Å². The lowest BCUT2D eigenvalue weighted by atomic mass is 10.1. The van der Waals surface area contributed by atoms with E-state index in [9.17, 15) is 14.4 Å². The van der Waals surface area contributed by atoms with Gasteiger partial charge in [0.25, 0.3) is 5.91 Å². The minimum Gasteiger partial charge on any atom is -0.385 e. The number of para-hydroxylation sites is 2. The van der Waals surface area contributed by atoms with Crippen molar-refractivity contribution in [2.75, 3.05) is 57.1 Å². The summed E-state index contributed by atoms with van der Waals surface area (Å²) in [5.74, 6) is 0.0764. The zero-order valence-corrected chi connectivity index (χ0v) is 22.7. The quantitative estimate of drug-likeness (QED) is 0.482. The Morgan fingerprint density at radius 1 is 1.05 bits per heavy atom. The number of ether oxygens (including phenoxy) is 1. The van der Waals surface area contributed by atoms with Crippen LogP contribution in [0.5, 0.6) is 0 Å². The fraction of sp³-hybridized carbons (Fsp3) is 0.393. The van der Waals surface area contributed by atoms with E-state index in [1.807, 2.05) is 47.4 Å². The summed E-state index contributed by atoms with van der Waals surface area (Å²) in [5, 5.41) is 3.25. The molecule has 0 bridgehead atoms. The van der Waals surface area contributed by atoms with Crippen LogP contribution in [-0.2, 0) is 19.1 Å². The van der Waals surface area contributed by atoms with E-state index in [-0.39, 0.29) is 29.9 Å². The normalized spacial score (nSPS) is 18.3. The van der Waals surface area contributed by atoms with Gasteiger partial charge >= 0.3 is 0 Å². The highest BCUT2D eigenvalue weighted by atomic mass is 32.2. The van der Waals surface area contributed by atoms with E-state index < -0.39 is 6.04 Å². The Kier molecular flexibility index (Phi) is 8.58. The number of hydrogen-bond acceptors (Lipinski definition) is 8. The van der Waals surface area contributed by atoms with Crippen molar-refractivity contribution >= 4 is 51.9 Å². The molecule has 1 unspecified atom stereocenters. The number of carbonyl (C=O) groups is 3. The van der Waals surface area contributed by atoms with Gasteiger partial charge in [0, 0.05) is 57.7 Å². The molecule has 39 heavy (non-hydrogen) atoms. The van der Waals surface area contributed by atoms with Gasteiger partial charge in [0.15, 0.2) is 5.17 Å². The smallest absolute Gasteiger partial charge is 0.259 e. The van der Waals surface area contributed by atoms with Crippen LogP contribution in [0.3, 0.4) is 0 Å². The van der Waals surface area contributed by atoms with Gasteiger partial charge in [0.2, 0.25) is 11.8 Å². The second-order valence-electron chi connectivity index (χ2n) is 9.45. The van der Waals surface area contributed by atoms with Crippen molar-refractivity contribution in [2.24, 2.45) is 9.98 Å². The van der Waals surface area contributed by atoms with Crippen LogP contribution in [0.1, 0.15) is 18.4 Å². The zero-order chi connectivity index (χ0) is 27.2. The van der Waals surface area contributed by atoms with Crippen molar-refractivity contribution in [3.63, 3.8) is 0 Å². The lowest BCUT2D eigenvalue weighted by Gasteiger charge is -2.36.